The summed E-state index contributed by atoms with van der Waals surface area (Å²) < 4.78 is 0. The van der Waals surface area contributed by atoms with E-state index in [9.17, 15) is 4.79 Å². The van der Waals surface area contributed by atoms with Gasteiger partial charge in [-0.25, -0.2) is 4.98 Å². The summed E-state index contributed by atoms with van der Waals surface area (Å²) in [4.78, 5) is 22.7. The molecule has 0 radical (unpaired) electrons. The number of anilines is 1. The maximum absolute atomic E-state index is 13.3. The summed E-state index contributed by atoms with van der Waals surface area (Å²) in [5, 5.41) is 3.16. The first-order chi connectivity index (χ1) is 14.6. The number of aryl methyl sites for hydroxylation is 1. The number of hydrogen-bond donors (Lipinski definition) is 0. The first kappa shape index (κ1) is 20.8. The third kappa shape index (κ3) is 4.18. The molecule has 0 bridgehead atoms. The third-order valence-electron chi connectivity index (χ3n) is 5.94. The van der Waals surface area contributed by atoms with Crippen LogP contribution in [0.2, 0.25) is 0 Å². The molecule has 30 heavy (non-hydrogen) atoms. The average Bonchev–Trinajstić information content (AvgIpc) is 3.23. The number of carbonyl (C=O) groups excluding carboxylic acids is 1. The number of para-hydroxylation sites is 1. The molecule has 1 aliphatic heterocycles. The zero-order valence-electron chi connectivity index (χ0n) is 17.8. The number of benzene rings is 2. The molecule has 0 saturated carbocycles. The molecule has 0 unspecified atom stereocenters. The van der Waals surface area contributed by atoms with Gasteiger partial charge in [-0.2, -0.15) is 0 Å². The number of likely N-dealkylation sites (tertiary alicyclic amines) is 1. The van der Waals surface area contributed by atoms with Crippen molar-refractivity contribution in [1.82, 2.24) is 9.88 Å². The molecule has 4 nitrogen and oxygen atoms in total. The fourth-order valence-electron chi connectivity index (χ4n) is 4.39. The van der Waals surface area contributed by atoms with Crippen molar-refractivity contribution in [2.75, 3.05) is 18.0 Å². The fraction of sp³-hybridized carbons (Fsp3) is 0.360. The van der Waals surface area contributed by atoms with Crippen LogP contribution < -0.4 is 4.90 Å². The molecule has 1 aromatic heterocycles. The summed E-state index contributed by atoms with van der Waals surface area (Å²) in [6, 6.07) is 20.7. The molecule has 4 rings (SSSR count). The van der Waals surface area contributed by atoms with Crippen LogP contribution in [0.5, 0.6) is 0 Å². The van der Waals surface area contributed by atoms with Crippen molar-refractivity contribution in [3.8, 4) is 0 Å². The monoisotopic (exact) mass is 419 g/mol. The van der Waals surface area contributed by atoms with E-state index >= 15 is 0 Å². The van der Waals surface area contributed by atoms with Crippen LogP contribution in [0.4, 0.5) is 5.69 Å². The smallest absolute Gasteiger partial charge is 0.227 e. The van der Waals surface area contributed by atoms with Gasteiger partial charge >= 0.3 is 0 Å². The lowest BCUT2D eigenvalue weighted by Crippen LogP contribution is -2.55. The first-order valence-electron chi connectivity index (χ1n) is 10.7. The van der Waals surface area contributed by atoms with Gasteiger partial charge < -0.3 is 0 Å². The van der Waals surface area contributed by atoms with Crippen LogP contribution in [0.15, 0.2) is 66.0 Å². The predicted molar refractivity (Wildman–Crippen MR) is 124 cm³/mol. The number of carbonyl (C=O) groups is 1. The van der Waals surface area contributed by atoms with E-state index in [4.69, 9.17) is 4.98 Å². The Morgan fingerprint density at radius 3 is 2.27 bits per heavy atom. The zero-order valence-corrected chi connectivity index (χ0v) is 18.6. The Bertz CT molecular complexity index is 962. The molecule has 0 N–H and O–H groups in total. The fourth-order valence-corrected chi connectivity index (χ4v) is 5.43. The van der Waals surface area contributed by atoms with E-state index in [-0.39, 0.29) is 11.4 Å². The SMILES string of the molecule is CCC(=O)N(c1ccccc1)C1(c2nc(C)cs2)CCN(Cc2ccccc2)CC1. The molecule has 3 aromatic rings. The van der Waals surface area contributed by atoms with Crippen LogP contribution in [0, 0.1) is 6.92 Å². The Hall–Kier alpha value is -2.50. The van der Waals surface area contributed by atoms with Crippen LogP contribution in [-0.2, 0) is 16.9 Å². The largest absolute Gasteiger partial charge is 0.300 e. The van der Waals surface area contributed by atoms with E-state index < -0.39 is 0 Å². The highest BCUT2D eigenvalue weighted by Crippen LogP contribution is 2.43. The zero-order chi connectivity index (χ0) is 21.0. The van der Waals surface area contributed by atoms with E-state index in [0.29, 0.717) is 6.42 Å². The first-order valence-corrected chi connectivity index (χ1v) is 11.6. The number of nitrogens with zero attached hydrogens (tertiary/aromatic N) is 3. The second-order valence-corrected chi connectivity index (χ2v) is 8.86. The number of thiazole rings is 1. The Kier molecular flexibility index (Phi) is 6.30. The summed E-state index contributed by atoms with van der Waals surface area (Å²) in [6.07, 6.45) is 2.25. The van der Waals surface area contributed by atoms with Gasteiger partial charge in [0.25, 0.3) is 0 Å². The number of hydrogen-bond acceptors (Lipinski definition) is 4. The summed E-state index contributed by atoms with van der Waals surface area (Å²) >= 11 is 1.69. The minimum Gasteiger partial charge on any atom is -0.300 e. The quantitative estimate of drug-likeness (QED) is 0.538. The van der Waals surface area contributed by atoms with E-state index in [2.05, 4.69) is 40.6 Å². The van der Waals surface area contributed by atoms with Crippen molar-refractivity contribution in [1.29, 1.82) is 0 Å². The standard InChI is InChI=1S/C25H29N3OS/c1-3-23(29)28(22-12-8-5-9-13-22)25(24-26-20(2)19-30-24)14-16-27(17-15-25)18-21-10-6-4-7-11-21/h4-13,19H,3,14-18H2,1-2H3. The summed E-state index contributed by atoms with van der Waals surface area (Å²) in [5.41, 5.74) is 2.94. The van der Waals surface area contributed by atoms with Crippen LogP contribution in [-0.4, -0.2) is 28.9 Å². The van der Waals surface area contributed by atoms with Gasteiger partial charge in [-0.3, -0.25) is 14.6 Å². The Labute approximate surface area is 183 Å². The molecule has 1 amide bonds. The lowest BCUT2D eigenvalue weighted by atomic mass is 9.84. The molecule has 0 spiro atoms. The van der Waals surface area contributed by atoms with Gasteiger partial charge in [0.2, 0.25) is 5.91 Å². The van der Waals surface area contributed by atoms with Gasteiger partial charge in [-0.1, -0.05) is 55.5 Å². The van der Waals surface area contributed by atoms with Gasteiger partial charge in [0.1, 0.15) is 10.5 Å². The van der Waals surface area contributed by atoms with Gasteiger partial charge in [0, 0.05) is 42.8 Å². The van der Waals surface area contributed by atoms with Crippen molar-refractivity contribution in [3.05, 3.63) is 82.3 Å². The number of aromatic nitrogens is 1. The second-order valence-electron chi connectivity index (χ2n) is 8.01. The maximum Gasteiger partial charge on any atom is 0.227 e. The molecule has 1 fully saturated rings. The van der Waals surface area contributed by atoms with Crippen molar-refractivity contribution in [2.45, 2.75) is 45.2 Å². The van der Waals surface area contributed by atoms with Gasteiger partial charge in [0.15, 0.2) is 0 Å². The summed E-state index contributed by atoms with van der Waals surface area (Å²) in [7, 11) is 0. The van der Waals surface area contributed by atoms with Gasteiger partial charge in [0.05, 0.1) is 0 Å². The highest BCUT2D eigenvalue weighted by atomic mass is 32.1. The molecule has 2 heterocycles. The molecule has 156 valence electrons. The van der Waals surface area contributed by atoms with Crippen molar-refractivity contribution < 1.29 is 4.79 Å². The normalized spacial score (nSPS) is 16.3. The number of rotatable bonds is 6. The Morgan fingerprint density at radius 2 is 1.70 bits per heavy atom. The van der Waals surface area contributed by atoms with Gasteiger partial charge in [-0.05, 0) is 37.5 Å². The molecular weight excluding hydrogens is 390 g/mol. The van der Waals surface area contributed by atoms with Crippen LogP contribution in [0.3, 0.4) is 0 Å². The van der Waals surface area contributed by atoms with Crippen LogP contribution in [0.1, 0.15) is 42.5 Å². The highest BCUT2D eigenvalue weighted by molar-refractivity contribution is 7.09. The van der Waals surface area contributed by atoms with Crippen molar-refractivity contribution in [3.63, 3.8) is 0 Å². The Morgan fingerprint density at radius 1 is 1.07 bits per heavy atom. The molecule has 1 saturated heterocycles. The Balaban J connectivity index is 1.67. The topological polar surface area (TPSA) is 36.4 Å². The van der Waals surface area contributed by atoms with E-state index in [1.807, 2.05) is 49.1 Å². The van der Waals surface area contributed by atoms with E-state index in [1.165, 1.54) is 5.56 Å². The summed E-state index contributed by atoms with van der Waals surface area (Å²) in [5.74, 6) is 0.158. The molecule has 5 heteroatoms. The molecular formula is C25H29N3OS. The molecule has 0 atom stereocenters. The number of amides is 1. The predicted octanol–water partition coefficient (Wildman–Crippen LogP) is 5.39. The van der Waals surface area contributed by atoms with Crippen LogP contribution >= 0.6 is 11.3 Å². The van der Waals surface area contributed by atoms with E-state index in [1.54, 1.807) is 11.3 Å². The lowest BCUT2D eigenvalue weighted by Gasteiger charge is -2.47. The molecule has 0 aliphatic carbocycles. The maximum atomic E-state index is 13.3. The van der Waals surface area contributed by atoms with E-state index in [0.717, 1.165) is 48.9 Å². The molecule has 2 aromatic carbocycles. The van der Waals surface area contributed by atoms with Crippen molar-refractivity contribution in [2.24, 2.45) is 0 Å². The number of piperidine rings is 1. The highest BCUT2D eigenvalue weighted by Gasteiger charge is 2.46. The van der Waals surface area contributed by atoms with Crippen molar-refractivity contribution >= 4 is 22.9 Å². The minimum atomic E-state index is -0.388. The average molecular weight is 420 g/mol. The molecule has 1 aliphatic rings. The summed E-state index contributed by atoms with van der Waals surface area (Å²) in [6.45, 7) is 6.80. The third-order valence-corrected chi connectivity index (χ3v) is 7.10. The van der Waals surface area contributed by atoms with Gasteiger partial charge in [-0.15, -0.1) is 11.3 Å². The lowest BCUT2D eigenvalue weighted by molar-refractivity contribution is -0.120. The second kappa shape index (κ2) is 9.11. The minimum absolute atomic E-state index is 0.158. The van der Waals surface area contributed by atoms with Crippen LogP contribution in [0.25, 0.3) is 0 Å².